The van der Waals surface area contributed by atoms with Crippen LogP contribution in [-0.2, 0) is 0 Å². The first-order valence-electron chi connectivity index (χ1n) is 7.58. The first kappa shape index (κ1) is 16.1. The molecule has 0 amide bonds. The highest BCUT2D eigenvalue weighted by Gasteiger charge is 2.09. The molecule has 0 aliphatic carbocycles. The molecule has 2 rings (SSSR count). The zero-order valence-electron chi connectivity index (χ0n) is 13.3. The van der Waals surface area contributed by atoms with Gasteiger partial charge < -0.3 is 5.32 Å². The monoisotopic (exact) mass is 300 g/mol. The largest absolute Gasteiger partial charge is 0.309 e. The molecule has 1 aromatic heterocycles. The van der Waals surface area contributed by atoms with Gasteiger partial charge in [0.2, 0.25) is 0 Å². The molecule has 21 heavy (non-hydrogen) atoms. The van der Waals surface area contributed by atoms with Gasteiger partial charge in [0, 0.05) is 22.0 Å². The van der Waals surface area contributed by atoms with Crippen LogP contribution in [0.1, 0.15) is 43.1 Å². The van der Waals surface area contributed by atoms with Gasteiger partial charge in [-0.05, 0) is 50.6 Å². The van der Waals surface area contributed by atoms with Gasteiger partial charge in [-0.15, -0.1) is 0 Å². The van der Waals surface area contributed by atoms with Gasteiger partial charge in [0.15, 0.2) is 0 Å². The molecule has 0 fully saturated rings. The zero-order valence-corrected chi connectivity index (χ0v) is 14.1. The predicted molar refractivity (Wildman–Crippen MR) is 91.0 cm³/mol. The van der Waals surface area contributed by atoms with Gasteiger partial charge in [0.25, 0.3) is 0 Å². The molecular formula is C18H24N2S. The summed E-state index contributed by atoms with van der Waals surface area (Å²) in [6.07, 6.45) is 3.05. The molecule has 0 aliphatic rings. The van der Waals surface area contributed by atoms with E-state index in [0.29, 0.717) is 6.04 Å². The third-order valence-corrected chi connectivity index (χ3v) is 4.69. The van der Waals surface area contributed by atoms with Crippen LogP contribution in [0.3, 0.4) is 0 Å². The Balaban J connectivity index is 2.11. The Morgan fingerprint density at radius 3 is 2.52 bits per heavy atom. The Bertz CT molecular complexity index is 578. The van der Waals surface area contributed by atoms with Crippen LogP contribution in [0, 0.1) is 13.8 Å². The normalized spacial score (nSPS) is 12.4. The SMILES string of the molecule is CCNC(CC)c1ccc(Sc2ccc(C)cc2C)cn1. The van der Waals surface area contributed by atoms with E-state index in [1.165, 1.54) is 20.9 Å². The fourth-order valence-electron chi connectivity index (χ4n) is 2.40. The second-order valence-electron chi connectivity index (χ2n) is 5.31. The number of hydrogen-bond acceptors (Lipinski definition) is 3. The smallest absolute Gasteiger partial charge is 0.0573 e. The van der Waals surface area contributed by atoms with Crippen LogP contribution in [0.25, 0.3) is 0 Å². The lowest BCUT2D eigenvalue weighted by molar-refractivity contribution is 0.524. The van der Waals surface area contributed by atoms with Crippen LogP contribution in [0.15, 0.2) is 46.3 Å². The highest BCUT2D eigenvalue weighted by atomic mass is 32.2. The second kappa shape index (κ2) is 7.62. The van der Waals surface area contributed by atoms with Gasteiger partial charge in [-0.1, -0.05) is 43.3 Å². The zero-order chi connectivity index (χ0) is 15.2. The van der Waals surface area contributed by atoms with Crippen LogP contribution in [0.2, 0.25) is 0 Å². The lowest BCUT2D eigenvalue weighted by Crippen LogP contribution is -2.20. The average molecular weight is 300 g/mol. The third-order valence-electron chi connectivity index (χ3n) is 3.53. The molecule has 0 bridgehead atoms. The van der Waals surface area contributed by atoms with E-state index in [9.17, 15) is 0 Å². The van der Waals surface area contributed by atoms with Crippen LogP contribution >= 0.6 is 11.8 Å². The summed E-state index contributed by atoms with van der Waals surface area (Å²) in [5.74, 6) is 0. The van der Waals surface area contributed by atoms with E-state index in [4.69, 9.17) is 0 Å². The molecule has 1 unspecified atom stereocenters. The van der Waals surface area contributed by atoms with E-state index in [1.807, 2.05) is 6.20 Å². The summed E-state index contributed by atoms with van der Waals surface area (Å²) in [7, 11) is 0. The van der Waals surface area contributed by atoms with Crippen LogP contribution in [0.4, 0.5) is 0 Å². The van der Waals surface area contributed by atoms with Gasteiger partial charge in [0.1, 0.15) is 0 Å². The molecule has 2 nitrogen and oxygen atoms in total. The van der Waals surface area contributed by atoms with Crippen molar-refractivity contribution in [2.24, 2.45) is 0 Å². The van der Waals surface area contributed by atoms with E-state index < -0.39 is 0 Å². The highest BCUT2D eigenvalue weighted by molar-refractivity contribution is 7.99. The molecule has 1 N–H and O–H groups in total. The number of nitrogens with zero attached hydrogens (tertiary/aromatic N) is 1. The van der Waals surface area contributed by atoms with Crippen LogP contribution in [-0.4, -0.2) is 11.5 Å². The fourth-order valence-corrected chi connectivity index (χ4v) is 3.25. The number of pyridine rings is 1. The minimum Gasteiger partial charge on any atom is -0.309 e. The average Bonchev–Trinajstić information content (AvgIpc) is 2.48. The topological polar surface area (TPSA) is 24.9 Å². The molecule has 0 aliphatic heterocycles. The van der Waals surface area contributed by atoms with Crippen molar-refractivity contribution in [2.45, 2.75) is 49.9 Å². The maximum atomic E-state index is 4.63. The van der Waals surface area contributed by atoms with Gasteiger partial charge in [-0.2, -0.15) is 0 Å². The van der Waals surface area contributed by atoms with Crippen LogP contribution in [0.5, 0.6) is 0 Å². The van der Waals surface area contributed by atoms with Crippen molar-refractivity contribution in [3.8, 4) is 0 Å². The summed E-state index contributed by atoms with van der Waals surface area (Å²) >= 11 is 1.78. The number of benzene rings is 1. The lowest BCUT2D eigenvalue weighted by Gasteiger charge is -2.15. The maximum Gasteiger partial charge on any atom is 0.0573 e. The van der Waals surface area contributed by atoms with Gasteiger partial charge in [0.05, 0.1) is 5.69 Å². The Morgan fingerprint density at radius 2 is 1.95 bits per heavy atom. The number of rotatable bonds is 6. The van der Waals surface area contributed by atoms with Crippen molar-refractivity contribution in [3.63, 3.8) is 0 Å². The first-order valence-corrected chi connectivity index (χ1v) is 8.40. The molecule has 0 saturated heterocycles. The quantitative estimate of drug-likeness (QED) is 0.820. The Labute approximate surface area is 132 Å². The van der Waals surface area contributed by atoms with Gasteiger partial charge in [-0.25, -0.2) is 0 Å². The Morgan fingerprint density at radius 1 is 1.14 bits per heavy atom. The second-order valence-corrected chi connectivity index (χ2v) is 6.42. The Hall–Kier alpha value is -1.32. The molecule has 0 saturated carbocycles. The third kappa shape index (κ3) is 4.32. The fraction of sp³-hybridized carbons (Fsp3) is 0.389. The van der Waals surface area contributed by atoms with E-state index in [1.54, 1.807) is 11.8 Å². The summed E-state index contributed by atoms with van der Waals surface area (Å²) in [5.41, 5.74) is 3.76. The summed E-state index contributed by atoms with van der Waals surface area (Å²) in [4.78, 5) is 7.12. The molecule has 1 atom stereocenters. The van der Waals surface area contributed by atoms with Crippen molar-refractivity contribution in [1.82, 2.24) is 10.3 Å². The molecule has 3 heteroatoms. The van der Waals surface area contributed by atoms with Gasteiger partial charge in [-0.3, -0.25) is 4.98 Å². The molecule has 0 radical (unpaired) electrons. The van der Waals surface area contributed by atoms with Gasteiger partial charge >= 0.3 is 0 Å². The minimum absolute atomic E-state index is 0.357. The lowest BCUT2D eigenvalue weighted by atomic mass is 10.1. The Kier molecular flexibility index (Phi) is 5.83. The number of nitrogens with one attached hydrogen (secondary N) is 1. The summed E-state index contributed by atoms with van der Waals surface area (Å²) in [5, 5.41) is 3.46. The van der Waals surface area contributed by atoms with Crippen LogP contribution < -0.4 is 5.32 Å². The van der Waals surface area contributed by atoms with Crippen molar-refractivity contribution in [2.75, 3.05) is 6.54 Å². The number of hydrogen-bond donors (Lipinski definition) is 1. The molecule has 1 aromatic carbocycles. The van der Waals surface area contributed by atoms with Crippen molar-refractivity contribution in [3.05, 3.63) is 53.3 Å². The molecule has 1 heterocycles. The van der Waals surface area contributed by atoms with E-state index in [0.717, 1.165) is 18.7 Å². The number of aromatic nitrogens is 1. The van der Waals surface area contributed by atoms with E-state index >= 15 is 0 Å². The molecular weight excluding hydrogens is 276 g/mol. The van der Waals surface area contributed by atoms with Crippen molar-refractivity contribution < 1.29 is 0 Å². The highest BCUT2D eigenvalue weighted by Crippen LogP contribution is 2.30. The van der Waals surface area contributed by atoms with E-state index in [-0.39, 0.29) is 0 Å². The standard InChI is InChI=1S/C18H24N2S/c1-5-16(19-6-2)17-9-8-15(12-20-17)21-18-10-7-13(3)11-14(18)4/h7-12,16,19H,5-6H2,1-4H3. The van der Waals surface area contributed by atoms with Crippen molar-refractivity contribution in [1.29, 1.82) is 0 Å². The molecule has 0 spiro atoms. The molecule has 112 valence electrons. The predicted octanol–water partition coefficient (Wildman–Crippen LogP) is 4.91. The number of aryl methyl sites for hydroxylation is 2. The summed E-state index contributed by atoms with van der Waals surface area (Å²) in [6.45, 7) is 9.58. The minimum atomic E-state index is 0.357. The van der Waals surface area contributed by atoms with Crippen molar-refractivity contribution >= 4 is 11.8 Å². The molecule has 2 aromatic rings. The van der Waals surface area contributed by atoms with E-state index in [2.05, 4.69) is 68.3 Å². The summed E-state index contributed by atoms with van der Waals surface area (Å²) < 4.78 is 0. The first-order chi connectivity index (χ1) is 10.1. The maximum absolute atomic E-state index is 4.63. The summed E-state index contributed by atoms with van der Waals surface area (Å²) in [6, 6.07) is 11.2.